The molecular weight excluding hydrogens is 380 g/mol. The van der Waals surface area contributed by atoms with Gasteiger partial charge in [-0.2, -0.15) is 5.10 Å². The van der Waals surface area contributed by atoms with Crippen molar-refractivity contribution in [3.63, 3.8) is 0 Å². The van der Waals surface area contributed by atoms with Gasteiger partial charge in [0.25, 0.3) is 0 Å². The maximum Gasteiger partial charge on any atom is 0.225 e. The van der Waals surface area contributed by atoms with Gasteiger partial charge in [0.1, 0.15) is 0 Å². The Morgan fingerprint density at radius 1 is 1.10 bits per heavy atom. The number of thioether (sulfide) groups is 1. The fourth-order valence-corrected chi connectivity index (χ4v) is 3.88. The monoisotopic (exact) mass is 408 g/mol. The highest BCUT2D eigenvalue weighted by atomic mass is 32.2. The molecule has 0 aliphatic rings. The first-order valence-corrected chi connectivity index (χ1v) is 10.9. The Labute approximate surface area is 177 Å². The van der Waals surface area contributed by atoms with Crippen molar-refractivity contribution < 1.29 is 4.79 Å². The predicted molar refractivity (Wildman–Crippen MR) is 121 cm³/mol. The summed E-state index contributed by atoms with van der Waals surface area (Å²) in [5.74, 6) is 0.0341. The molecule has 1 aromatic heterocycles. The van der Waals surface area contributed by atoms with Gasteiger partial charge in [0.05, 0.1) is 17.1 Å². The Morgan fingerprint density at radius 3 is 2.52 bits per heavy atom. The van der Waals surface area contributed by atoms with Gasteiger partial charge in [0, 0.05) is 35.7 Å². The molecular formula is C23H28N4OS. The van der Waals surface area contributed by atoms with Crippen molar-refractivity contribution >= 4 is 23.4 Å². The fourth-order valence-electron chi connectivity index (χ4n) is 3.33. The predicted octanol–water partition coefficient (Wildman–Crippen LogP) is 4.67. The maximum absolute atomic E-state index is 12.4. The van der Waals surface area contributed by atoms with Crippen molar-refractivity contribution in [3.8, 4) is 5.69 Å². The van der Waals surface area contributed by atoms with Crippen LogP contribution in [0.5, 0.6) is 0 Å². The van der Waals surface area contributed by atoms with Crippen molar-refractivity contribution in [2.24, 2.45) is 0 Å². The minimum absolute atomic E-state index is 0.0341. The zero-order chi connectivity index (χ0) is 20.8. The Hall–Kier alpha value is -2.57. The van der Waals surface area contributed by atoms with E-state index < -0.39 is 0 Å². The first kappa shape index (κ1) is 21.1. The van der Waals surface area contributed by atoms with Crippen molar-refractivity contribution in [1.29, 1.82) is 0 Å². The van der Waals surface area contributed by atoms with E-state index in [9.17, 15) is 4.79 Å². The van der Waals surface area contributed by atoms with Crippen LogP contribution in [0.4, 0.5) is 5.69 Å². The summed E-state index contributed by atoms with van der Waals surface area (Å²) >= 11 is 1.63. The largest absolute Gasteiger partial charge is 0.325 e. The number of anilines is 1. The molecule has 1 N–H and O–H groups in total. The number of aromatic nitrogens is 2. The third-order valence-corrected chi connectivity index (χ3v) is 5.77. The molecule has 6 heteroatoms. The van der Waals surface area contributed by atoms with Gasteiger partial charge < -0.3 is 10.2 Å². The fraction of sp³-hybridized carbons (Fsp3) is 0.304. The quantitative estimate of drug-likeness (QED) is 0.550. The number of amides is 1. The smallest absolute Gasteiger partial charge is 0.225 e. The van der Waals surface area contributed by atoms with Crippen LogP contribution in [0, 0.1) is 13.8 Å². The van der Waals surface area contributed by atoms with Crippen LogP contribution in [0.15, 0.2) is 59.5 Å². The molecule has 0 aliphatic heterocycles. The Morgan fingerprint density at radius 2 is 1.79 bits per heavy atom. The van der Waals surface area contributed by atoms with Crippen molar-refractivity contribution in [3.05, 3.63) is 71.5 Å². The molecule has 0 spiro atoms. The van der Waals surface area contributed by atoms with E-state index in [-0.39, 0.29) is 5.91 Å². The van der Waals surface area contributed by atoms with Gasteiger partial charge in [-0.3, -0.25) is 4.79 Å². The van der Waals surface area contributed by atoms with Gasteiger partial charge in [-0.1, -0.05) is 30.3 Å². The third-order valence-electron chi connectivity index (χ3n) is 4.97. The molecule has 0 unspecified atom stereocenters. The summed E-state index contributed by atoms with van der Waals surface area (Å²) in [4.78, 5) is 15.6. The van der Waals surface area contributed by atoms with Crippen LogP contribution < -0.4 is 5.32 Å². The lowest BCUT2D eigenvalue weighted by Gasteiger charge is -2.17. The average molecular weight is 409 g/mol. The minimum atomic E-state index is 0.0341. The molecule has 29 heavy (non-hydrogen) atoms. The number of hydrogen-bond donors (Lipinski definition) is 1. The topological polar surface area (TPSA) is 50.2 Å². The summed E-state index contributed by atoms with van der Waals surface area (Å²) in [5, 5.41) is 7.74. The van der Waals surface area contributed by atoms with Gasteiger partial charge in [-0.15, -0.1) is 11.8 Å². The molecule has 0 fully saturated rings. The molecule has 152 valence electrons. The highest BCUT2D eigenvalue weighted by molar-refractivity contribution is 7.98. The first-order valence-electron chi connectivity index (χ1n) is 9.71. The van der Waals surface area contributed by atoms with Crippen LogP contribution in [0.1, 0.15) is 23.4 Å². The zero-order valence-corrected chi connectivity index (χ0v) is 18.3. The van der Waals surface area contributed by atoms with Gasteiger partial charge in [-0.25, -0.2) is 4.68 Å². The summed E-state index contributed by atoms with van der Waals surface area (Å²) in [7, 11) is 2.04. The number of nitrogens with zero attached hydrogens (tertiary/aromatic N) is 3. The number of nitrogens with one attached hydrogen (secondary N) is 1. The van der Waals surface area contributed by atoms with Crippen molar-refractivity contribution in [2.45, 2.75) is 31.7 Å². The van der Waals surface area contributed by atoms with Crippen LogP contribution in [0.25, 0.3) is 5.69 Å². The molecule has 0 saturated carbocycles. The highest BCUT2D eigenvalue weighted by Gasteiger charge is 2.15. The van der Waals surface area contributed by atoms with E-state index in [1.807, 2.05) is 67.4 Å². The van der Waals surface area contributed by atoms with Gasteiger partial charge in [0.2, 0.25) is 5.91 Å². The summed E-state index contributed by atoms with van der Waals surface area (Å²) in [6.45, 7) is 5.59. The number of rotatable bonds is 8. The Bertz CT molecular complexity index is 968. The number of aryl methyl sites for hydroxylation is 1. The molecule has 0 bridgehead atoms. The third kappa shape index (κ3) is 5.28. The summed E-state index contributed by atoms with van der Waals surface area (Å²) in [6.07, 6.45) is 2.46. The number of para-hydroxylation sites is 2. The molecule has 3 rings (SSSR count). The SMILES string of the molecule is CSc1ccccc1NC(=O)CCN(C)Cc1c(C)nn(-c2ccccc2)c1C. The van der Waals surface area contributed by atoms with E-state index in [2.05, 4.69) is 29.3 Å². The second-order valence-electron chi connectivity index (χ2n) is 7.13. The van der Waals surface area contributed by atoms with Crippen LogP contribution in [-0.4, -0.2) is 40.4 Å². The van der Waals surface area contributed by atoms with E-state index >= 15 is 0 Å². The lowest BCUT2D eigenvalue weighted by atomic mass is 10.2. The number of benzene rings is 2. The van der Waals surface area contributed by atoms with E-state index in [0.29, 0.717) is 13.0 Å². The highest BCUT2D eigenvalue weighted by Crippen LogP contribution is 2.24. The molecule has 1 heterocycles. The van der Waals surface area contributed by atoms with Crippen molar-refractivity contribution in [2.75, 3.05) is 25.2 Å². The minimum Gasteiger partial charge on any atom is -0.325 e. The van der Waals surface area contributed by atoms with Crippen LogP contribution >= 0.6 is 11.8 Å². The zero-order valence-electron chi connectivity index (χ0n) is 17.5. The molecule has 0 saturated heterocycles. The number of carbonyl (C=O) groups excluding carboxylic acids is 1. The van der Waals surface area contributed by atoms with Crippen LogP contribution in [0.3, 0.4) is 0 Å². The molecule has 0 aliphatic carbocycles. The second kappa shape index (κ2) is 9.76. The lowest BCUT2D eigenvalue weighted by molar-refractivity contribution is -0.116. The Kier molecular flexibility index (Phi) is 7.12. The molecule has 3 aromatic rings. The molecule has 0 atom stereocenters. The maximum atomic E-state index is 12.4. The molecule has 5 nitrogen and oxygen atoms in total. The summed E-state index contributed by atoms with van der Waals surface area (Å²) < 4.78 is 1.99. The van der Waals surface area contributed by atoms with Crippen LogP contribution in [-0.2, 0) is 11.3 Å². The molecule has 1 amide bonds. The van der Waals surface area contributed by atoms with E-state index in [0.717, 1.165) is 34.2 Å². The average Bonchev–Trinajstić information content (AvgIpc) is 3.01. The van der Waals surface area contributed by atoms with Gasteiger partial charge >= 0.3 is 0 Å². The van der Waals surface area contributed by atoms with Gasteiger partial charge in [0.15, 0.2) is 0 Å². The summed E-state index contributed by atoms with van der Waals surface area (Å²) in [5.41, 5.74) is 5.32. The van der Waals surface area contributed by atoms with E-state index in [1.165, 1.54) is 5.56 Å². The lowest BCUT2D eigenvalue weighted by Crippen LogP contribution is -2.24. The number of carbonyl (C=O) groups is 1. The van der Waals surface area contributed by atoms with Gasteiger partial charge in [-0.05, 0) is 51.4 Å². The number of hydrogen-bond acceptors (Lipinski definition) is 4. The molecule has 2 aromatic carbocycles. The van der Waals surface area contributed by atoms with Crippen molar-refractivity contribution in [1.82, 2.24) is 14.7 Å². The standard InChI is InChI=1S/C23H28N4OS/c1-17-20(18(2)27(25-17)19-10-6-5-7-11-19)16-26(3)15-14-23(28)24-21-12-8-9-13-22(21)29-4/h5-13H,14-16H2,1-4H3,(H,24,28). The second-order valence-corrected chi connectivity index (χ2v) is 7.98. The molecule has 0 radical (unpaired) electrons. The normalized spacial score (nSPS) is 11.1. The Balaban J connectivity index is 1.59. The van der Waals surface area contributed by atoms with E-state index in [4.69, 9.17) is 5.10 Å². The summed E-state index contributed by atoms with van der Waals surface area (Å²) in [6, 6.07) is 18.0. The van der Waals surface area contributed by atoms with E-state index in [1.54, 1.807) is 11.8 Å². The van der Waals surface area contributed by atoms with Crippen LogP contribution in [0.2, 0.25) is 0 Å². The first-order chi connectivity index (χ1) is 14.0.